The van der Waals surface area contributed by atoms with Crippen LogP contribution in [0.3, 0.4) is 0 Å². The van der Waals surface area contributed by atoms with Crippen molar-refractivity contribution in [1.82, 2.24) is 36.9 Å². The lowest BCUT2D eigenvalue weighted by molar-refractivity contribution is -0.142. The fourth-order valence-corrected chi connectivity index (χ4v) is 9.47. The monoisotopic (exact) mass is 901 g/mol. The molecule has 0 spiro atoms. The summed E-state index contributed by atoms with van der Waals surface area (Å²) in [5.74, 6) is -9.22. The second-order valence-electron chi connectivity index (χ2n) is 15.2. The van der Waals surface area contributed by atoms with Crippen LogP contribution >= 0.6 is 21.6 Å². The minimum absolute atomic E-state index is 0.0878. The van der Waals surface area contributed by atoms with E-state index in [0.29, 0.717) is 23.1 Å². The number of carboxylic acid groups (broad SMARTS) is 2. The van der Waals surface area contributed by atoms with E-state index in [9.17, 15) is 48.6 Å². The Balaban J connectivity index is 1.45. The quantitative estimate of drug-likeness (QED) is 0.0780. The Kier molecular flexibility index (Phi) is 17.2. The molecular formula is C44H51N7O10S2. The van der Waals surface area contributed by atoms with Crippen LogP contribution in [0.5, 0.6) is 0 Å². The van der Waals surface area contributed by atoms with Crippen molar-refractivity contribution in [2.24, 2.45) is 5.92 Å². The van der Waals surface area contributed by atoms with Crippen LogP contribution in [0.15, 0.2) is 91.1 Å². The van der Waals surface area contributed by atoms with Gasteiger partial charge < -0.3 is 47.1 Å². The zero-order valence-corrected chi connectivity index (χ0v) is 36.4. The number of hydrogen-bond acceptors (Lipinski definition) is 10. The maximum atomic E-state index is 14.4. The smallest absolute Gasteiger partial charge is 0.326 e. The summed E-state index contributed by atoms with van der Waals surface area (Å²) in [6.45, 7) is 4.67. The first-order chi connectivity index (χ1) is 30.2. The molecule has 0 radical (unpaired) electrons. The Hall–Kier alpha value is -6.34. The summed E-state index contributed by atoms with van der Waals surface area (Å²) in [5.41, 5.74) is 2.79. The van der Waals surface area contributed by atoms with Crippen LogP contribution in [0.2, 0.25) is 0 Å². The molecule has 0 saturated carbocycles. The highest BCUT2D eigenvalue weighted by atomic mass is 33.1. The summed E-state index contributed by atoms with van der Waals surface area (Å²) in [7, 11) is 2.07. The Morgan fingerprint density at radius 1 is 0.778 bits per heavy atom. The van der Waals surface area contributed by atoms with Crippen LogP contribution in [0, 0.1) is 5.92 Å². The highest BCUT2D eigenvalue weighted by Gasteiger charge is 2.38. The maximum absolute atomic E-state index is 14.4. The molecule has 1 aliphatic heterocycles. The Morgan fingerprint density at radius 2 is 1.40 bits per heavy atom. The van der Waals surface area contributed by atoms with Gasteiger partial charge in [0.2, 0.25) is 35.4 Å². The largest absolute Gasteiger partial charge is 0.481 e. The van der Waals surface area contributed by atoms with Crippen molar-refractivity contribution in [1.29, 1.82) is 0 Å². The molecular weight excluding hydrogens is 851 g/mol. The number of benzene rings is 3. The number of aromatic nitrogens is 1. The minimum atomic E-state index is -1.71. The van der Waals surface area contributed by atoms with Crippen molar-refractivity contribution < 1.29 is 48.6 Å². The molecule has 1 saturated heterocycles. The number of carbonyl (C=O) groups excluding carboxylic acids is 6. The summed E-state index contributed by atoms with van der Waals surface area (Å²) >= 11 is 0. The van der Waals surface area contributed by atoms with Gasteiger partial charge in [0.15, 0.2) is 0 Å². The highest BCUT2D eigenvalue weighted by Crippen LogP contribution is 2.30. The van der Waals surface area contributed by atoms with Gasteiger partial charge >= 0.3 is 11.9 Å². The minimum Gasteiger partial charge on any atom is -0.481 e. The molecule has 2 heterocycles. The molecule has 63 heavy (non-hydrogen) atoms. The van der Waals surface area contributed by atoms with Crippen LogP contribution in [-0.4, -0.2) is 110 Å². The lowest BCUT2D eigenvalue weighted by atomic mass is 9.84. The van der Waals surface area contributed by atoms with Gasteiger partial charge in [-0.1, -0.05) is 121 Å². The number of hydrogen-bond donors (Lipinski definition) is 9. The molecule has 9 N–H and O–H groups in total. The molecule has 6 amide bonds. The molecule has 0 unspecified atom stereocenters. The SMILES string of the molecule is CC[C@H](C)[C@@H]1NC(=O)[C@H](CC(=O)O)NC(=O)[C@@H](NC(=O)[C@H](NC(C)=O)C(c2ccccc2)c2ccccc2)CSSC[C@@H](C(=O)N[C@@H](Cc2c[nH]c3ccccc23)C(=O)O)NC1=O. The molecule has 1 aliphatic rings. The maximum Gasteiger partial charge on any atom is 0.326 e. The molecule has 0 bridgehead atoms. The van der Waals surface area contributed by atoms with E-state index in [1.54, 1.807) is 86.8 Å². The molecule has 1 fully saturated rings. The van der Waals surface area contributed by atoms with Crippen molar-refractivity contribution in [3.8, 4) is 0 Å². The number of H-pyrrole nitrogens is 1. The number of aliphatic carboxylic acids is 2. The third-order valence-corrected chi connectivity index (χ3v) is 13.1. The molecule has 334 valence electrons. The lowest BCUT2D eigenvalue weighted by Crippen LogP contribution is -2.61. The number of fused-ring (bicyclic) bond motifs is 1. The fraction of sp³-hybridized carbons (Fsp3) is 0.364. The second-order valence-corrected chi connectivity index (χ2v) is 17.7. The number of amides is 6. The second kappa shape index (κ2) is 22.7. The molecule has 7 atom stereocenters. The third-order valence-electron chi connectivity index (χ3n) is 10.6. The predicted molar refractivity (Wildman–Crippen MR) is 238 cm³/mol. The van der Waals surface area contributed by atoms with Gasteiger partial charge in [-0.2, -0.15) is 0 Å². The molecule has 1 aromatic heterocycles. The van der Waals surface area contributed by atoms with Crippen LogP contribution in [0.25, 0.3) is 10.9 Å². The van der Waals surface area contributed by atoms with Crippen LogP contribution in [0.4, 0.5) is 0 Å². The zero-order chi connectivity index (χ0) is 45.6. The van der Waals surface area contributed by atoms with Crippen molar-refractivity contribution in [3.63, 3.8) is 0 Å². The van der Waals surface area contributed by atoms with Gasteiger partial charge in [0.1, 0.15) is 36.3 Å². The van der Waals surface area contributed by atoms with Crippen molar-refractivity contribution in [2.45, 2.75) is 82.2 Å². The molecule has 5 rings (SSSR count). The van der Waals surface area contributed by atoms with Gasteiger partial charge in [-0.3, -0.25) is 33.6 Å². The summed E-state index contributed by atoms with van der Waals surface area (Å²) in [5, 5.41) is 36.4. The first-order valence-corrected chi connectivity index (χ1v) is 22.8. The van der Waals surface area contributed by atoms with E-state index in [0.717, 1.165) is 32.5 Å². The normalized spacial score (nSPS) is 20.2. The fourth-order valence-electron chi connectivity index (χ4n) is 7.14. The Morgan fingerprint density at radius 3 is 2.00 bits per heavy atom. The van der Waals surface area contributed by atoms with Crippen molar-refractivity contribution in [2.75, 3.05) is 11.5 Å². The standard InChI is InChI=1S/C44H51N7O10S2/c1-4-24(2)37-42(58)49-34(41(57)48-32(44(60)61)19-28-21-45-30-18-12-11-17-29(28)30)23-63-62-22-33(40(56)47-31(20-35(53)54)39(55)51-37)50-43(59)38(46-25(3)52)36(26-13-7-5-8-14-26)27-15-9-6-10-16-27/h5-18,21,24,31-34,36-38,45H,4,19-20,22-23H2,1-3H3,(H,46,52)(H,47,56)(H,48,57)(H,49,58)(H,50,59)(H,51,55)(H,53,54)(H,60,61)/t24-,31-,32-,33-,34-,37-,38+/m0/s1. The van der Waals surface area contributed by atoms with Crippen molar-refractivity contribution in [3.05, 3.63) is 108 Å². The summed E-state index contributed by atoms with van der Waals surface area (Å²) < 4.78 is 0. The zero-order valence-electron chi connectivity index (χ0n) is 34.8. The summed E-state index contributed by atoms with van der Waals surface area (Å²) in [6, 6.07) is 16.8. The molecule has 4 aromatic rings. The average Bonchev–Trinajstić information content (AvgIpc) is 3.67. The van der Waals surface area contributed by atoms with Crippen LogP contribution in [0.1, 0.15) is 56.2 Å². The van der Waals surface area contributed by atoms with Crippen LogP contribution in [-0.2, 0) is 44.8 Å². The van der Waals surface area contributed by atoms with E-state index in [-0.39, 0.29) is 17.9 Å². The first-order valence-electron chi connectivity index (χ1n) is 20.3. The molecule has 19 heteroatoms. The summed E-state index contributed by atoms with van der Waals surface area (Å²) in [4.78, 5) is 110. The number of para-hydroxylation sites is 1. The molecule has 3 aromatic carbocycles. The Bertz CT molecular complexity index is 2240. The van der Waals surface area contributed by atoms with Crippen molar-refractivity contribution >= 4 is 79.9 Å². The van der Waals surface area contributed by atoms with E-state index < -0.39 is 102 Å². The number of nitrogens with one attached hydrogen (secondary N) is 7. The van der Waals surface area contributed by atoms with E-state index in [1.165, 1.54) is 6.92 Å². The lowest BCUT2D eigenvalue weighted by Gasteiger charge is -2.31. The number of carbonyl (C=O) groups is 8. The van der Waals surface area contributed by atoms with E-state index in [1.807, 2.05) is 18.2 Å². The van der Waals surface area contributed by atoms with Gasteiger partial charge in [-0.05, 0) is 28.7 Å². The molecule has 0 aliphatic carbocycles. The van der Waals surface area contributed by atoms with E-state index >= 15 is 0 Å². The number of carboxylic acids is 2. The Labute approximate surface area is 371 Å². The number of aromatic amines is 1. The van der Waals surface area contributed by atoms with Gasteiger partial charge in [0.05, 0.1) is 6.42 Å². The van der Waals surface area contributed by atoms with E-state index in [2.05, 4.69) is 36.9 Å². The van der Waals surface area contributed by atoms with Gasteiger partial charge in [0.25, 0.3) is 0 Å². The first kappa shape index (κ1) is 47.7. The highest BCUT2D eigenvalue weighted by molar-refractivity contribution is 8.76. The molecule has 17 nitrogen and oxygen atoms in total. The van der Waals surface area contributed by atoms with Gasteiger partial charge in [-0.25, -0.2) is 4.79 Å². The van der Waals surface area contributed by atoms with Crippen LogP contribution < -0.4 is 31.9 Å². The third kappa shape index (κ3) is 13.1. The summed E-state index contributed by atoms with van der Waals surface area (Å²) in [6.07, 6.45) is 1.05. The van der Waals surface area contributed by atoms with Gasteiger partial charge in [-0.15, -0.1) is 0 Å². The topological polar surface area (TPSA) is 265 Å². The predicted octanol–water partition coefficient (Wildman–Crippen LogP) is 2.47. The van der Waals surface area contributed by atoms with Gasteiger partial charge in [0, 0.05) is 47.9 Å². The number of rotatable bonds is 15. The average molecular weight is 902 g/mol. The van der Waals surface area contributed by atoms with E-state index in [4.69, 9.17) is 0 Å².